The number of carbonyl (C=O) groups excluding carboxylic acids is 1. The summed E-state index contributed by atoms with van der Waals surface area (Å²) in [4.78, 5) is 20.2. The number of carbonyl (C=O) groups is 1. The molecule has 0 radical (unpaired) electrons. The largest absolute Gasteiger partial charge is 0.348 e. The van der Waals surface area contributed by atoms with Crippen LogP contribution >= 0.6 is 0 Å². The predicted octanol–water partition coefficient (Wildman–Crippen LogP) is 3.03. The van der Waals surface area contributed by atoms with Crippen molar-refractivity contribution in [3.8, 4) is 0 Å². The molecule has 114 valence electrons. The highest BCUT2D eigenvalue weighted by molar-refractivity contribution is 5.92. The zero-order valence-electron chi connectivity index (χ0n) is 12.1. The third kappa shape index (κ3) is 3.39. The van der Waals surface area contributed by atoms with Crippen LogP contribution in [0.2, 0.25) is 0 Å². The van der Waals surface area contributed by atoms with E-state index in [9.17, 15) is 9.18 Å². The highest BCUT2D eigenvalue weighted by Gasteiger charge is 2.18. The molecular weight excluding hydrogens is 283 g/mol. The second-order valence-corrected chi connectivity index (χ2v) is 5.35. The molecule has 3 rings (SSSR count). The summed E-state index contributed by atoms with van der Waals surface area (Å²) in [6.07, 6.45) is 7.17. The Morgan fingerprint density at radius 1 is 1.14 bits per heavy atom. The van der Waals surface area contributed by atoms with Crippen LogP contribution in [0.5, 0.6) is 0 Å². The molecule has 1 saturated carbocycles. The lowest BCUT2D eigenvalue weighted by Crippen LogP contribution is -2.33. The molecule has 22 heavy (non-hydrogen) atoms. The van der Waals surface area contributed by atoms with Gasteiger partial charge in [-0.2, -0.15) is 0 Å². The molecule has 1 amide bonds. The van der Waals surface area contributed by atoms with E-state index >= 15 is 0 Å². The Morgan fingerprint density at radius 3 is 2.59 bits per heavy atom. The summed E-state index contributed by atoms with van der Waals surface area (Å²) in [5.74, 6) is -0.188. The molecule has 0 spiro atoms. The maximum absolute atomic E-state index is 13.5. The highest BCUT2D eigenvalue weighted by atomic mass is 19.1. The van der Waals surface area contributed by atoms with Gasteiger partial charge >= 0.3 is 0 Å². The first-order chi connectivity index (χ1) is 10.7. The number of aromatic nitrogens is 2. The quantitative estimate of drug-likeness (QED) is 0.911. The molecule has 0 unspecified atom stereocenters. The first kappa shape index (κ1) is 14.4. The Hall–Kier alpha value is -2.50. The number of para-hydroxylation sites is 1. The summed E-state index contributed by atoms with van der Waals surface area (Å²) in [5.41, 5.74) is 0.589. The van der Waals surface area contributed by atoms with E-state index in [1.165, 1.54) is 18.5 Å². The van der Waals surface area contributed by atoms with Crippen molar-refractivity contribution < 1.29 is 9.18 Å². The SMILES string of the molecule is O=C(NC1CCCC1)c1cnc(Nc2ccccc2F)cn1. The molecule has 6 heteroatoms. The Labute approximate surface area is 128 Å². The molecule has 2 aromatic rings. The summed E-state index contributed by atoms with van der Waals surface area (Å²) in [6, 6.07) is 6.55. The van der Waals surface area contributed by atoms with Gasteiger partial charge in [0, 0.05) is 6.04 Å². The first-order valence-corrected chi connectivity index (χ1v) is 7.37. The summed E-state index contributed by atoms with van der Waals surface area (Å²) in [6.45, 7) is 0. The van der Waals surface area contributed by atoms with Crippen LogP contribution in [0.25, 0.3) is 0 Å². The minimum Gasteiger partial charge on any atom is -0.348 e. The van der Waals surface area contributed by atoms with Crippen molar-refractivity contribution in [1.82, 2.24) is 15.3 Å². The smallest absolute Gasteiger partial charge is 0.271 e. The number of benzene rings is 1. The average Bonchev–Trinajstić information content (AvgIpc) is 3.03. The van der Waals surface area contributed by atoms with Gasteiger partial charge in [-0.3, -0.25) is 4.79 Å². The summed E-state index contributed by atoms with van der Waals surface area (Å²) < 4.78 is 13.5. The molecule has 1 aliphatic carbocycles. The Balaban J connectivity index is 1.64. The van der Waals surface area contributed by atoms with Gasteiger partial charge in [-0.1, -0.05) is 25.0 Å². The van der Waals surface area contributed by atoms with Gasteiger partial charge in [-0.25, -0.2) is 14.4 Å². The summed E-state index contributed by atoms with van der Waals surface area (Å²) in [5, 5.41) is 5.78. The zero-order valence-corrected chi connectivity index (χ0v) is 12.1. The number of halogens is 1. The average molecular weight is 300 g/mol. The van der Waals surface area contributed by atoms with Crippen molar-refractivity contribution in [2.75, 3.05) is 5.32 Å². The van der Waals surface area contributed by atoms with Gasteiger partial charge in [0.15, 0.2) is 0 Å². The molecule has 2 N–H and O–H groups in total. The molecule has 0 bridgehead atoms. The lowest BCUT2D eigenvalue weighted by Gasteiger charge is -2.11. The minimum atomic E-state index is -0.368. The van der Waals surface area contributed by atoms with Crippen LogP contribution in [-0.2, 0) is 0 Å². The van der Waals surface area contributed by atoms with E-state index in [1.807, 2.05) is 0 Å². The molecule has 0 aliphatic heterocycles. The van der Waals surface area contributed by atoms with Gasteiger partial charge in [-0.05, 0) is 25.0 Å². The van der Waals surface area contributed by atoms with E-state index < -0.39 is 0 Å². The highest BCUT2D eigenvalue weighted by Crippen LogP contribution is 2.19. The number of nitrogens with zero attached hydrogens (tertiary/aromatic N) is 2. The van der Waals surface area contributed by atoms with Crippen LogP contribution < -0.4 is 10.6 Å². The van der Waals surface area contributed by atoms with E-state index in [0.717, 1.165) is 25.7 Å². The third-order valence-corrected chi connectivity index (χ3v) is 3.71. The van der Waals surface area contributed by atoms with Gasteiger partial charge < -0.3 is 10.6 Å². The molecule has 0 saturated heterocycles. The normalized spacial score (nSPS) is 14.8. The number of rotatable bonds is 4. The van der Waals surface area contributed by atoms with Crippen LogP contribution in [0.15, 0.2) is 36.7 Å². The van der Waals surface area contributed by atoms with Gasteiger partial charge in [0.25, 0.3) is 5.91 Å². The first-order valence-electron chi connectivity index (χ1n) is 7.37. The summed E-state index contributed by atoms with van der Waals surface area (Å²) in [7, 11) is 0. The Bertz CT molecular complexity index is 653. The number of hydrogen-bond donors (Lipinski definition) is 2. The van der Waals surface area contributed by atoms with Crippen LogP contribution in [0.3, 0.4) is 0 Å². The lowest BCUT2D eigenvalue weighted by molar-refractivity contribution is 0.0932. The molecule has 0 atom stereocenters. The second kappa shape index (κ2) is 6.51. The van der Waals surface area contributed by atoms with Gasteiger partial charge in [0.1, 0.15) is 17.3 Å². The molecule has 1 aliphatic rings. The fraction of sp³-hybridized carbons (Fsp3) is 0.312. The third-order valence-electron chi connectivity index (χ3n) is 3.71. The molecular formula is C16H17FN4O. The topological polar surface area (TPSA) is 66.9 Å². The Kier molecular flexibility index (Phi) is 4.27. The van der Waals surface area contributed by atoms with E-state index in [-0.39, 0.29) is 23.5 Å². The second-order valence-electron chi connectivity index (χ2n) is 5.35. The van der Waals surface area contributed by atoms with E-state index in [2.05, 4.69) is 20.6 Å². The molecule has 1 fully saturated rings. The van der Waals surface area contributed by atoms with Gasteiger partial charge in [0.05, 0.1) is 18.1 Å². The molecule has 1 aromatic carbocycles. The Morgan fingerprint density at radius 2 is 1.91 bits per heavy atom. The molecule has 5 nitrogen and oxygen atoms in total. The maximum atomic E-state index is 13.5. The van der Waals surface area contributed by atoms with Crippen LogP contribution in [0, 0.1) is 5.82 Å². The molecule has 1 heterocycles. The van der Waals surface area contributed by atoms with Crippen LogP contribution in [-0.4, -0.2) is 21.9 Å². The number of hydrogen-bond acceptors (Lipinski definition) is 4. The summed E-state index contributed by atoms with van der Waals surface area (Å²) >= 11 is 0. The number of amides is 1. The van der Waals surface area contributed by atoms with Crippen molar-refractivity contribution in [2.45, 2.75) is 31.7 Å². The van der Waals surface area contributed by atoms with E-state index in [4.69, 9.17) is 0 Å². The van der Waals surface area contributed by atoms with Crippen molar-refractivity contribution in [3.05, 3.63) is 48.2 Å². The number of nitrogens with one attached hydrogen (secondary N) is 2. The van der Waals surface area contributed by atoms with Crippen molar-refractivity contribution in [2.24, 2.45) is 0 Å². The number of anilines is 2. The lowest BCUT2D eigenvalue weighted by atomic mass is 10.2. The molecule has 1 aromatic heterocycles. The fourth-order valence-corrected chi connectivity index (χ4v) is 2.54. The van der Waals surface area contributed by atoms with E-state index in [1.54, 1.807) is 18.2 Å². The standard InChI is InChI=1S/C16H17FN4O/c17-12-7-3-4-8-13(12)21-15-10-18-14(9-19-15)16(22)20-11-5-1-2-6-11/h3-4,7-11H,1-2,5-6H2,(H,19,21)(H,20,22). The van der Waals surface area contributed by atoms with Crippen LogP contribution in [0.4, 0.5) is 15.9 Å². The zero-order chi connectivity index (χ0) is 15.4. The van der Waals surface area contributed by atoms with Crippen molar-refractivity contribution >= 4 is 17.4 Å². The van der Waals surface area contributed by atoms with E-state index in [0.29, 0.717) is 11.5 Å². The van der Waals surface area contributed by atoms with Gasteiger partial charge in [-0.15, -0.1) is 0 Å². The van der Waals surface area contributed by atoms with Crippen molar-refractivity contribution in [3.63, 3.8) is 0 Å². The monoisotopic (exact) mass is 300 g/mol. The van der Waals surface area contributed by atoms with Gasteiger partial charge in [0.2, 0.25) is 0 Å². The minimum absolute atomic E-state index is 0.211. The predicted molar refractivity (Wildman–Crippen MR) is 81.4 cm³/mol. The fourth-order valence-electron chi connectivity index (χ4n) is 2.54. The van der Waals surface area contributed by atoms with Crippen molar-refractivity contribution in [1.29, 1.82) is 0 Å². The van der Waals surface area contributed by atoms with Crippen LogP contribution in [0.1, 0.15) is 36.2 Å². The maximum Gasteiger partial charge on any atom is 0.271 e.